The van der Waals surface area contributed by atoms with Gasteiger partial charge in [-0.05, 0) is 122 Å². The molecule has 3 unspecified atom stereocenters. The smallest absolute Gasteiger partial charge is 0.462 e. The van der Waals surface area contributed by atoms with Crippen molar-refractivity contribution in [3.63, 3.8) is 0 Å². The molecule has 0 saturated heterocycles. The van der Waals surface area contributed by atoms with Crippen LogP contribution in [-0.2, 0) is 42.2 Å². The third-order valence-electron chi connectivity index (χ3n) is 13.5. The van der Waals surface area contributed by atoms with Gasteiger partial charge < -0.3 is 24.2 Å². The minimum Gasteiger partial charge on any atom is -0.462 e. The number of allylic oxidation sites excluding steroid dienone is 16. The lowest BCUT2D eigenvalue weighted by Gasteiger charge is -2.21. The summed E-state index contributed by atoms with van der Waals surface area (Å²) in [5, 5.41) is 9.85. The number of hydrogen-bond acceptors (Lipinski definition) is 10. The molecule has 12 heteroatoms. The van der Waals surface area contributed by atoms with Gasteiger partial charge >= 0.3 is 25.7 Å². The predicted molar refractivity (Wildman–Crippen MR) is 334 cm³/mol. The van der Waals surface area contributed by atoms with Crippen LogP contribution in [0.5, 0.6) is 0 Å². The van der Waals surface area contributed by atoms with E-state index in [1.165, 1.54) is 89.9 Å². The highest BCUT2D eigenvalue weighted by Crippen LogP contribution is 2.43. The Morgan fingerprint density at radius 2 is 0.650 bits per heavy atom. The first-order chi connectivity index (χ1) is 39.2. The third kappa shape index (κ3) is 59.0. The van der Waals surface area contributed by atoms with Crippen molar-refractivity contribution in [2.45, 2.75) is 290 Å². The molecule has 0 aromatic heterocycles. The minimum absolute atomic E-state index is 0.144. The third-order valence-corrected chi connectivity index (χ3v) is 14.4. The number of phosphoric acid groups is 1. The zero-order chi connectivity index (χ0) is 58.3. The van der Waals surface area contributed by atoms with E-state index < -0.39 is 57.8 Å². The number of ether oxygens (including phenoxy) is 3. The van der Waals surface area contributed by atoms with E-state index in [4.69, 9.17) is 23.3 Å². The van der Waals surface area contributed by atoms with Gasteiger partial charge in [-0.15, -0.1) is 0 Å². The van der Waals surface area contributed by atoms with Crippen LogP contribution in [0.25, 0.3) is 0 Å². The molecule has 0 rings (SSSR count). The van der Waals surface area contributed by atoms with Crippen LogP contribution in [0.4, 0.5) is 0 Å². The fraction of sp³-hybridized carbons (Fsp3) is 0.721. The van der Waals surface area contributed by atoms with E-state index in [9.17, 15) is 28.9 Å². The van der Waals surface area contributed by atoms with Gasteiger partial charge in [0, 0.05) is 19.3 Å². The Kier molecular flexibility index (Phi) is 58.7. The summed E-state index contributed by atoms with van der Waals surface area (Å²) in [7, 11) is -4.77. The fourth-order valence-corrected chi connectivity index (χ4v) is 9.37. The summed E-state index contributed by atoms with van der Waals surface area (Å²) in [6.45, 7) is 4.48. The summed E-state index contributed by atoms with van der Waals surface area (Å²) in [6.07, 6.45) is 73.5. The molecule has 460 valence electrons. The van der Waals surface area contributed by atoms with E-state index in [0.717, 1.165) is 128 Å². The molecule has 0 fully saturated rings. The monoisotopic (exact) mass is 1140 g/mol. The maximum atomic E-state index is 13.0. The number of rotatable bonds is 59. The van der Waals surface area contributed by atoms with Crippen molar-refractivity contribution in [3.8, 4) is 0 Å². The molecule has 0 bridgehead atoms. The van der Waals surface area contributed by atoms with E-state index >= 15 is 0 Å². The molecule has 0 heterocycles. The van der Waals surface area contributed by atoms with E-state index in [0.29, 0.717) is 19.3 Å². The first-order valence-corrected chi connectivity index (χ1v) is 33.6. The van der Waals surface area contributed by atoms with Crippen LogP contribution < -0.4 is 0 Å². The zero-order valence-corrected chi connectivity index (χ0v) is 51.9. The highest BCUT2D eigenvalue weighted by Gasteiger charge is 2.28. The Balaban J connectivity index is 4.76. The van der Waals surface area contributed by atoms with Crippen molar-refractivity contribution in [2.75, 3.05) is 26.4 Å². The van der Waals surface area contributed by atoms with Crippen LogP contribution in [0.2, 0.25) is 0 Å². The quantitative estimate of drug-likeness (QED) is 0.0197. The number of aliphatic hydroxyl groups is 1. The molecule has 80 heavy (non-hydrogen) atoms. The molecule has 2 N–H and O–H groups in total. The van der Waals surface area contributed by atoms with E-state index in [1.807, 2.05) is 0 Å². The summed E-state index contributed by atoms with van der Waals surface area (Å²) >= 11 is 0. The number of carbonyl (C=O) groups excluding carboxylic acids is 3. The fourth-order valence-electron chi connectivity index (χ4n) is 8.58. The molecular formula is C68H117O11P. The van der Waals surface area contributed by atoms with Crippen LogP contribution in [-0.4, -0.2) is 66.5 Å². The number of unbranched alkanes of at least 4 members (excludes halogenated alkanes) is 26. The Morgan fingerprint density at radius 1 is 0.362 bits per heavy atom. The second-order valence-corrected chi connectivity index (χ2v) is 22.6. The lowest BCUT2D eigenvalue weighted by molar-refractivity contribution is -0.161. The lowest BCUT2D eigenvalue weighted by atomic mass is 10.1. The van der Waals surface area contributed by atoms with Gasteiger partial charge in [0.15, 0.2) is 6.10 Å². The summed E-state index contributed by atoms with van der Waals surface area (Å²) in [5.74, 6) is -1.51. The van der Waals surface area contributed by atoms with Gasteiger partial charge in [0.05, 0.1) is 19.8 Å². The molecule has 0 radical (unpaired) electrons. The molecule has 0 amide bonds. The second kappa shape index (κ2) is 61.5. The van der Waals surface area contributed by atoms with Gasteiger partial charge in [0.25, 0.3) is 0 Å². The van der Waals surface area contributed by atoms with Crippen molar-refractivity contribution < 1.29 is 52.2 Å². The number of esters is 3. The largest absolute Gasteiger partial charge is 0.472 e. The van der Waals surface area contributed by atoms with Crippen LogP contribution in [0.15, 0.2) is 97.2 Å². The zero-order valence-electron chi connectivity index (χ0n) is 51.0. The second-order valence-electron chi connectivity index (χ2n) is 21.2. The molecule has 0 saturated carbocycles. The predicted octanol–water partition coefficient (Wildman–Crippen LogP) is 19.6. The SMILES string of the molecule is CC/C=C\C/C=C\C/C=C\C/C=C\CCCCCCC(=O)OC(CO)COP(=O)(O)OCC(COC(=O)CCCCCCCCC/C=C\CCCCCCCC)OC(=O)CCCCCCCC/C=C\C/C=C\C/C=C\CCCCC. The molecule has 11 nitrogen and oxygen atoms in total. The van der Waals surface area contributed by atoms with Gasteiger partial charge in [-0.25, -0.2) is 4.57 Å². The van der Waals surface area contributed by atoms with E-state index in [-0.39, 0.29) is 25.9 Å². The number of aliphatic hydroxyl groups excluding tert-OH is 1. The van der Waals surface area contributed by atoms with E-state index in [2.05, 4.69) is 118 Å². The summed E-state index contributed by atoms with van der Waals surface area (Å²) in [6, 6.07) is 0. The molecule has 0 aliphatic heterocycles. The summed E-state index contributed by atoms with van der Waals surface area (Å²) in [4.78, 5) is 48.8. The summed E-state index contributed by atoms with van der Waals surface area (Å²) in [5.41, 5.74) is 0. The Hall–Kier alpha value is -3.60. The van der Waals surface area contributed by atoms with Gasteiger partial charge in [-0.3, -0.25) is 23.4 Å². The average molecular weight is 1140 g/mol. The standard InChI is InChI=1S/C68H117O11P/c1-4-7-10-13-16-19-22-25-28-31-32-35-38-41-44-47-50-53-56-59-68(72)79-65(61-75-66(70)57-54-51-48-45-42-39-36-33-29-26-23-20-17-14-11-8-5-2)63-77-80(73,74)76-62-64(60-69)78-67(71)58-55-52-49-46-43-40-37-34-30-27-24-21-18-15-12-9-6-3/h9,12,16,18-19,21,25-30,32,35,37,40,64-65,69H,4-8,10-11,13-15,17,20,22-24,31,33-34,36,38-39,41-63H2,1-3H3,(H,73,74)/b12-9-,19-16-,21-18-,28-25-,29-26-,30-27-,35-32-,40-37-. The highest BCUT2D eigenvalue weighted by atomic mass is 31.2. The Bertz CT molecular complexity index is 1710. The van der Waals surface area contributed by atoms with E-state index in [1.54, 1.807) is 0 Å². The number of carbonyl (C=O) groups is 3. The van der Waals surface area contributed by atoms with Crippen molar-refractivity contribution in [1.29, 1.82) is 0 Å². The van der Waals surface area contributed by atoms with Crippen molar-refractivity contribution in [1.82, 2.24) is 0 Å². The first-order valence-electron chi connectivity index (χ1n) is 32.1. The Morgan fingerprint density at radius 3 is 1.04 bits per heavy atom. The molecule has 0 aliphatic rings. The molecule has 0 aromatic carbocycles. The van der Waals surface area contributed by atoms with Crippen LogP contribution in [0, 0.1) is 0 Å². The number of hydrogen-bond donors (Lipinski definition) is 2. The van der Waals surface area contributed by atoms with Crippen molar-refractivity contribution in [2.24, 2.45) is 0 Å². The maximum absolute atomic E-state index is 13.0. The Labute approximate surface area is 489 Å². The maximum Gasteiger partial charge on any atom is 0.472 e. The van der Waals surface area contributed by atoms with Crippen molar-refractivity contribution in [3.05, 3.63) is 97.2 Å². The normalized spacial score (nSPS) is 13.9. The van der Waals surface area contributed by atoms with Crippen LogP contribution >= 0.6 is 7.82 Å². The molecule has 0 aliphatic carbocycles. The molecular weight excluding hydrogens is 1020 g/mol. The first kappa shape index (κ1) is 76.4. The molecule has 0 spiro atoms. The topological polar surface area (TPSA) is 155 Å². The average Bonchev–Trinajstić information content (AvgIpc) is 3.45. The highest BCUT2D eigenvalue weighted by molar-refractivity contribution is 7.47. The van der Waals surface area contributed by atoms with Crippen molar-refractivity contribution >= 4 is 25.7 Å². The van der Waals surface area contributed by atoms with Gasteiger partial charge in [-0.2, -0.15) is 0 Å². The van der Waals surface area contributed by atoms with Crippen LogP contribution in [0.3, 0.4) is 0 Å². The lowest BCUT2D eigenvalue weighted by Crippen LogP contribution is -2.30. The molecule has 3 atom stereocenters. The number of phosphoric ester groups is 1. The van der Waals surface area contributed by atoms with Crippen LogP contribution in [0.1, 0.15) is 278 Å². The molecule has 0 aromatic rings. The summed E-state index contributed by atoms with van der Waals surface area (Å²) < 4.78 is 39.7. The minimum atomic E-state index is -4.77. The van der Waals surface area contributed by atoms with Gasteiger partial charge in [-0.1, -0.05) is 234 Å². The van der Waals surface area contributed by atoms with Gasteiger partial charge in [0.1, 0.15) is 12.7 Å². The van der Waals surface area contributed by atoms with Gasteiger partial charge in [0.2, 0.25) is 0 Å².